The lowest BCUT2D eigenvalue weighted by molar-refractivity contribution is 0.352. The summed E-state index contributed by atoms with van der Waals surface area (Å²) in [6.07, 6.45) is 5.46. The molecule has 3 N–H and O–H groups in total. The number of nitrogens with two attached hydrogens (primary N) is 1. The molecular weight excluding hydrogens is 288 g/mol. The number of nitrogens with one attached hydrogen (secondary N) is 1. The van der Waals surface area contributed by atoms with E-state index >= 15 is 0 Å². The van der Waals surface area contributed by atoms with Gasteiger partial charge in [0.25, 0.3) is 0 Å². The van der Waals surface area contributed by atoms with E-state index in [-0.39, 0.29) is 6.04 Å². The summed E-state index contributed by atoms with van der Waals surface area (Å²) in [6, 6.07) is 2.08. The molecule has 2 aromatic heterocycles. The smallest absolute Gasteiger partial charge is 0.245 e. The van der Waals surface area contributed by atoms with Gasteiger partial charge in [0, 0.05) is 37.1 Å². The Morgan fingerprint density at radius 1 is 1.43 bits per heavy atom. The van der Waals surface area contributed by atoms with Gasteiger partial charge >= 0.3 is 0 Å². The van der Waals surface area contributed by atoms with Crippen molar-refractivity contribution >= 4 is 17.5 Å². The van der Waals surface area contributed by atoms with Gasteiger partial charge in [-0.1, -0.05) is 11.6 Å². The number of nitrogens with zero attached hydrogens (tertiary/aromatic N) is 4. The molecule has 0 aliphatic carbocycles. The summed E-state index contributed by atoms with van der Waals surface area (Å²) < 4.78 is 0. The summed E-state index contributed by atoms with van der Waals surface area (Å²) in [5.41, 5.74) is 6.79. The van der Waals surface area contributed by atoms with Gasteiger partial charge in [-0.2, -0.15) is 4.98 Å². The largest absolute Gasteiger partial charge is 0.340 e. The van der Waals surface area contributed by atoms with E-state index in [4.69, 9.17) is 17.3 Å². The first kappa shape index (κ1) is 14.3. The second kappa shape index (κ2) is 5.99. The Kier molecular flexibility index (Phi) is 4.07. The van der Waals surface area contributed by atoms with Crippen LogP contribution in [0.2, 0.25) is 5.02 Å². The maximum atomic E-state index is 6.13. The summed E-state index contributed by atoms with van der Waals surface area (Å²) in [6.45, 7) is 3.96. The maximum absolute atomic E-state index is 6.13. The van der Waals surface area contributed by atoms with Crippen LogP contribution in [0, 0.1) is 5.92 Å². The van der Waals surface area contributed by atoms with Gasteiger partial charge in [-0.25, -0.2) is 0 Å². The zero-order valence-electron chi connectivity index (χ0n) is 12.0. The van der Waals surface area contributed by atoms with Crippen LogP contribution in [0.1, 0.15) is 19.8 Å². The molecule has 1 saturated heterocycles. The lowest BCUT2D eigenvalue weighted by Crippen LogP contribution is -2.40. The van der Waals surface area contributed by atoms with Gasteiger partial charge in [0.1, 0.15) is 0 Å². The van der Waals surface area contributed by atoms with Crippen LogP contribution in [-0.4, -0.2) is 39.3 Å². The number of hydrogen-bond acceptors (Lipinski definition) is 5. The highest BCUT2D eigenvalue weighted by Gasteiger charge is 2.24. The Bertz CT molecular complexity index is 603. The van der Waals surface area contributed by atoms with Crippen molar-refractivity contribution in [2.75, 3.05) is 18.0 Å². The molecule has 1 aliphatic heterocycles. The maximum Gasteiger partial charge on any atom is 0.245 e. The van der Waals surface area contributed by atoms with Crippen LogP contribution in [0.15, 0.2) is 18.5 Å². The number of H-pyrrole nitrogens is 1. The minimum absolute atomic E-state index is 0.255. The quantitative estimate of drug-likeness (QED) is 0.907. The van der Waals surface area contributed by atoms with Crippen molar-refractivity contribution in [1.82, 2.24) is 20.2 Å². The SMILES string of the molecule is CC(N)C1CCN(c2n[nH]c(-c3ccncc3Cl)n2)CC1. The summed E-state index contributed by atoms with van der Waals surface area (Å²) >= 11 is 6.13. The molecule has 112 valence electrons. The molecule has 0 spiro atoms. The van der Waals surface area contributed by atoms with E-state index in [1.807, 2.05) is 6.07 Å². The predicted octanol–water partition coefficient (Wildman–Crippen LogP) is 2.08. The molecule has 0 aromatic carbocycles. The van der Waals surface area contributed by atoms with Crippen LogP contribution < -0.4 is 10.6 Å². The number of hydrogen-bond donors (Lipinski definition) is 2. The highest BCUT2D eigenvalue weighted by atomic mass is 35.5. The van der Waals surface area contributed by atoms with Crippen molar-refractivity contribution in [3.8, 4) is 11.4 Å². The minimum Gasteiger partial charge on any atom is -0.340 e. The number of aromatic amines is 1. The fourth-order valence-corrected chi connectivity index (χ4v) is 2.92. The Morgan fingerprint density at radius 3 is 2.86 bits per heavy atom. The van der Waals surface area contributed by atoms with Crippen molar-refractivity contribution in [2.24, 2.45) is 11.7 Å². The first-order valence-electron chi connectivity index (χ1n) is 7.18. The molecule has 2 aromatic rings. The first-order valence-corrected chi connectivity index (χ1v) is 7.56. The molecule has 3 rings (SSSR count). The molecule has 1 fully saturated rings. The van der Waals surface area contributed by atoms with Gasteiger partial charge in [0.05, 0.1) is 5.02 Å². The second-order valence-corrected chi connectivity index (χ2v) is 5.93. The molecular formula is C14H19ClN6. The van der Waals surface area contributed by atoms with Gasteiger partial charge in [-0.15, -0.1) is 5.10 Å². The van der Waals surface area contributed by atoms with Crippen LogP contribution in [-0.2, 0) is 0 Å². The van der Waals surface area contributed by atoms with E-state index in [2.05, 4.69) is 32.0 Å². The van der Waals surface area contributed by atoms with Gasteiger partial charge in [-0.05, 0) is 31.7 Å². The van der Waals surface area contributed by atoms with Crippen LogP contribution >= 0.6 is 11.6 Å². The summed E-state index contributed by atoms with van der Waals surface area (Å²) in [4.78, 5) is 10.7. The van der Waals surface area contributed by atoms with Gasteiger partial charge in [0.2, 0.25) is 5.95 Å². The zero-order chi connectivity index (χ0) is 14.8. The topological polar surface area (TPSA) is 83.7 Å². The highest BCUT2D eigenvalue weighted by Crippen LogP contribution is 2.27. The number of halogens is 1. The van der Waals surface area contributed by atoms with E-state index in [0.29, 0.717) is 16.8 Å². The Morgan fingerprint density at radius 2 is 2.19 bits per heavy atom. The number of rotatable bonds is 3. The summed E-state index contributed by atoms with van der Waals surface area (Å²) in [5.74, 6) is 1.99. The molecule has 1 atom stereocenters. The van der Waals surface area contributed by atoms with Crippen LogP contribution in [0.4, 0.5) is 5.95 Å². The molecule has 6 nitrogen and oxygen atoms in total. The minimum atomic E-state index is 0.255. The van der Waals surface area contributed by atoms with Gasteiger partial charge in [-0.3, -0.25) is 10.1 Å². The van der Waals surface area contributed by atoms with Gasteiger partial charge < -0.3 is 10.6 Å². The normalized spacial score (nSPS) is 18.0. The number of aromatic nitrogens is 4. The third-order valence-electron chi connectivity index (χ3n) is 4.07. The molecule has 0 bridgehead atoms. The highest BCUT2D eigenvalue weighted by molar-refractivity contribution is 6.33. The van der Waals surface area contributed by atoms with Crippen molar-refractivity contribution in [3.63, 3.8) is 0 Å². The number of piperidine rings is 1. The van der Waals surface area contributed by atoms with E-state index in [1.54, 1.807) is 12.4 Å². The average Bonchev–Trinajstić information content (AvgIpc) is 2.97. The fourth-order valence-electron chi connectivity index (χ4n) is 2.71. The van der Waals surface area contributed by atoms with Crippen molar-refractivity contribution in [2.45, 2.75) is 25.8 Å². The fraction of sp³-hybridized carbons (Fsp3) is 0.500. The summed E-state index contributed by atoms with van der Waals surface area (Å²) in [7, 11) is 0. The van der Waals surface area contributed by atoms with Crippen molar-refractivity contribution < 1.29 is 0 Å². The van der Waals surface area contributed by atoms with Crippen LogP contribution in [0.3, 0.4) is 0 Å². The third-order valence-corrected chi connectivity index (χ3v) is 4.37. The molecule has 0 radical (unpaired) electrons. The Hall–Kier alpha value is -1.66. The molecule has 3 heterocycles. The monoisotopic (exact) mass is 306 g/mol. The number of pyridine rings is 1. The molecule has 7 heteroatoms. The van der Waals surface area contributed by atoms with Crippen LogP contribution in [0.5, 0.6) is 0 Å². The average molecular weight is 307 g/mol. The van der Waals surface area contributed by atoms with E-state index < -0.39 is 0 Å². The molecule has 0 amide bonds. The molecule has 0 saturated carbocycles. The van der Waals surface area contributed by atoms with Crippen molar-refractivity contribution in [1.29, 1.82) is 0 Å². The number of anilines is 1. The van der Waals surface area contributed by atoms with Gasteiger partial charge in [0.15, 0.2) is 5.82 Å². The Labute approximate surface area is 128 Å². The van der Waals surface area contributed by atoms with E-state index in [0.717, 1.165) is 37.4 Å². The Balaban J connectivity index is 1.73. The standard InChI is InChI=1S/C14H19ClN6/c1-9(16)10-3-6-21(7-4-10)14-18-13(19-20-14)11-2-5-17-8-12(11)15/h2,5,8-10H,3-4,6-7,16H2,1H3,(H,18,19,20). The van der Waals surface area contributed by atoms with Crippen LogP contribution in [0.25, 0.3) is 11.4 Å². The molecule has 21 heavy (non-hydrogen) atoms. The van der Waals surface area contributed by atoms with Crippen molar-refractivity contribution in [3.05, 3.63) is 23.5 Å². The van der Waals surface area contributed by atoms with E-state index in [1.165, 1.54) is 0 Å². The zero-order valence-corrected chi connectivity index (χ0v) is 12.7. The predicted molar refractivity (Wildman–Crippen MR) is 83.2 cm³/mol. The lowest BCUT2D eigenvalue weighted by Gasteiger charge is -2.32. The first-order chi connectivity index (χ1) is 10.1. The second-order valence-electron chi connectivity index (χ2n) is 5.52. The third kappa shape index (κ3) is 3.01. The van der Waals surface area contributed by atoms with E-state index in [9.17, 15) is 0 Å². The molecule has 1 aliphatic rings. The molecule has 1 unspecified atom stereocenters. The lowest BCUT2D eigenvalue weighted by atomic mass is 9.91. The summed E-state index contributed by atoms with van der Waals surface area (Å²) in [5, 5.41) is 7.83.